The van der Waals surface area contributed by atoms with E-state index in [0.29, 0.717) is 11.7 Å². The van der Waals surface area contributed by atoms with Gasteiger partial charge >= 0.3 is 19.5 Å². The smallest absolute Gasteiger partial charge is 0.355 e. The average molecular weight is 381 g/mol. The Hall–Kier alpha value is 0.703. The normalized spacial score (nSPS) is 12.6. The van der Waals surface area contributed by atoms with Crippen LogP contribution in [0.15, 0.2) is 0 Å². The SMILES string of the molecule is O=C(CCCCC(S)CCS)NCCS(=O)(=O)O.[Zn+2]. The summed E-state index contributed by atoms with van der Waals surface area (Å²) in [6.07, 6.45) is 3.93. The van der Waals surface area contributed by atoms with E-state index in [4.69, 9.17) is 4.55 Å². The zero-order chi connectivity index (χ0) is 14.0. The van der Waals surface area contributed by atoms with E-state index in [9.17, 15) is 13.2 Å². The van der Waals surface area contributed by atoms with Gasteiger partial charge in [0, 0.05) is 18.2 Å². The summed E-state index contributed by atoms with van der Waals surface area (Å²) in [7, 11) is -3.99. The molecule has 9 heteroatoms. The number of thiol groups is 2. The molecular formula is C10H21NO4S3Zn+2. The third-order valence-corrected chi connectivity index (χ3v) is 3.83. The Morgan fingerprint density at radius 2 is 1.89 bits per heavy atom. The molecular weight excluding hydrogens is 360 g/mol. The molecule has 0 aromatic rings. The molecule has 0 aliphatic rings. The molecule has 0 saturated heterocycles. The maximum Gasteiger partial charge on any atom is 2.00 e. The summed E-state index contributed by atoms with van der Waals surface area (Å²) in [5.74, 6) is 0.174. The minimum absolute atomic E-state index is 0. The first-order valence-electron chi connectivity index (χ1n) is 5.86. The van der Waals surface area contributed by atoms with Crippen LogP contribution < -0.4 is 5.32 Å². The third-order valence-electron chi connectivity index (χ3n) is 2.34. The predicted octanol–water partition coefficient (Wildman–Crippen LogP) is 1.17. The summed E-state index contributed by atoms with van der Waals surface area (Å²) >= 11 is 8.50. The van der Waals surface area contributed by atoms with Crippen molar-refractivity contribution < 1.29 is 37.2 Å². The van der Waals surface area contributed by atoms with Crippen LogP contribution in [0.5, 0.6) is 0 Å². The van der Waals surface area contributed by atoms with Gasteiger partial charge < -0.3 is 5.32 Å². The molecule has 0 spiro atoms. The number of carbonyl (C=O) groups is 1. The maximum atomic E-state index is 11.3. The number of carbonyl (C=O) groups excluding carboxylic acids is 1. The van der Waals surface area contributed by atoms with E-state index in [0.717, 1.165) is 31.4 Å². The van der Waals surface area contributed by atoms with E-state index in [1.165, 1.54) is 0 Å². The van der Waals surface area contributed by atoms with E-state index in [-0.39, 0.29) is 31.9 Å². The van der Waals surface area contributed by atoms with Gasteiger partial charge in [-0.3, -0.25) is 9.35 Å². The van der Waals surface area contributed by atoms with Crippen molar-refractivity contribution in [1.29, 1.82) is 0 Å². The van der Waals surface area contributed by atoms with Crippen molar-refractivity contribution in [3.8, 4) is 0 Å². The first kappa shape index (κ1) is 22.0. The standard InChI is InChI=1S/C10H21NO4S3.Zn/c12-10(11-6-8-18(13,14)15)4-2-1-3-9(17)5-7-16;/h9,16-17H,1-8H2,(H,11,12)(H,13,14,15);/q;+2. The van der Waals surface area contributed by atoms with E-state index >= 15 is 0 Å². The van der Waals surface area contributed by atoms with Gasteiger partial charge in [0.2, 0.25) is 5.91 Å². The van der Waals surface area contributed by atoms with Gasteiger partial charge in [-0.2, -0.15) is 33.7 Å². The molecule has 1 atom stereocenters. The summed E-state index contributed by atoms with van der Waals surface area (Å²) in [5, 5.41) is 2.77. The molecule has 1 unspecified atom stereocenters. The summed E-state index contributed by atoms with van der Waals surface area (Å²) in [5.41, 5.74) is 0. The van der Waals surface area contributed by atoms with Crippen LogP contribution in [0.25, 0.3) is 0 Å². The topological polar surface area (TPSA) is 83.5 Å². The molecule has 19 heavy (non-hydrogen) atoms. The second kappa shape index (κ2) is 12.4. The molecule has 0 saturated carbocycles. The molecule has 0 fully saturated rings. The first-order valence-corrected chi connectivity index (χ1v) is 8.61. The molecule has 108 valence electrons. The molecule has 0 bridgehead atoms. The zero-order valence-electron chi connectivity index (χ0n) is 10.9. The quantitative estimate of drug-likeness (QED) is 0.198. The number of nitrogens with one attached hydrogen (secondary N) is 1. The van der Waals surface area contributed by atoms with Crippen molar-refractivity contribution in [2.24, 2.45) is 0 Å². The van der Waals surface area contributed by atoms with Gasteiger partial charge in [0.15, 0.2) is 0 Å². The summed E-state index contributed by atoms with van der Waals surface area (Å²) in [6, 6.07) is 0. The van der Waals surface area contributed by atoms with Crippen LogP contribution in [0.1, 0.15) is 32.1 Å². The zero-order valence-corrected chi connectivity index (χ0v) is 16.5. The third kappa shape index (κ3) is 16.7. The van der Waals surface area contributed by atoms with Gasteiger partial charge in [-0.15, -0.1) is 0 Å². The monoisotopic (exact) mass is 379 g/mol. The Morgan fingerprint density at radius 3 is 2.42 bits per heavy atom. The molecule has 0 rings (SSSR count). The van der Waals surface area contributed by atoms with Crippen molar-refractivity contribution >= 4 is 41.3 Å². The van der Waals surface area contributed by atoms with Crippen molar-refractivity contribution in [2.75, 3.05) is 18.1 Å². The van der Waals surface area contributed by atoms with Gasteiger partial charge in [0.05, 0.1) is 5.75 Å². The fourth-order valence-electron chi connectivity index (χ4n) is 1.37. The van der Waals surface area contributed by atoms with Crippen LogP contribution >= 0.6 is 25.3 Å². The van der Waals surface area contributed by atoms with Crippen LogP contribution in [-0.4, -0.2) is 42.2 Å². The molecule has 1 amide bonds. The van der Waals surface area contributed by atoms with Gasteiger partial charge in [0.1, 0.15) is 0 Å². The Morgan fingerprint density at radius 1 is 1.26 bits per heavy atom. The van der Waals surface area contributed by atoms with Crippen LogP contribution in [0.2, 0.25) is 0 Å². The Balaban J connectivity index is 0. The minimum atomic E-state index is -3.99. The molecule has 0 aromatic heterocycles. The second-order valence-corrected chi connectivity index (χ2v) is 6.80. The molecule has 0 radical (unpaired) electrons. The van der Waals surface area contributed by atoms with Crippen LogP contribution in [0.3, 0.4) is 0 Å². The Kier molecular flexibility index (Phi) is 14.4. The van der Waals surface area contributed by atoms with Crippen LogP contribution in [0, 0.1) is 0 Å². The maximum absolute atomic E-state index is 11.3. The number of hydrogen-bond acceptors (Lipinski definition) is 5. The van der Waals surface area contributed by atoms with Gasteiger partial charge in [-0.05, 0) is 25.0 Å². The number of hydrogen-bond donors (Lipinski definition) is 4. The predicted molar refractivity (Wildman–Crippen MR) is 79.1 cm³/mol. The summed E-state index contributed by atoms with van der Waals surface area (Å²) in [4.78, 5) is 11.3. The Bertz CT molecular complexity index is 338. The number of unbranched alkanes of at least 4 members (excludes halogenated alkanes) is 1. The molecule has 0 heterocycles. The Labute approximate surface area is 139 Å². The summed E-state index contributed by atoms with van der Waals surface area (Å²) in [6.45, 7) is -0.0491. The largest absolute Gasteiger partial charge is 2.00 e. The minimum Gasteiger partial charge on any atom is -0.355 e. The fourth-order valence-corrected chi connectivity index (χ4v) is 2.55. The van der Waals surface area contributed by atoms with Gasteiger partial charge in [-0.1, -0.05) is 6.42 Å². The molecule has 0 aliphatic heterocycles. The first-order chi connectivity index (χ1) is 8.35. The van der Waals surface area contributed by atoms with Crippen molar-refractivity contribution in [3.63, 3.8) is 0 Å². The summed E-state index contributed by atoms with van der Waals surface area (Å²) < 4.78 is 29.3. The van der Waals surface area contributed by atoms with E-state index in [1.54, 1.807) is 0 Å². The number of rotatable bonds is 10. The fraction of sp³-hybridized carbons (Fsp3) is 0.900. The van der Waals surface area contributed by atoms with Crippen molar-refractivity contribution in [3.05, 3.63) is 0 Å². The van der Waals surface area contributed by atoms with Crippen LogP contribution in [-0.2, 0) is 34.4 Å². The molecule has 2 N–H and O–H groups in total. The second-order valence-electron chi connectivity index (χ2n) is 4.05. The van der Waals surface area contributed by atoms with Crippen molar-refractivity contribution in [1.82, 2.24) is 5.32 Å². The van der Waals surface area contributed by atoms with Crippen LogP contribution in [0.4, 0.5) is 0 Å². The van der Waals surface area contributed by atoms with Crippen molar-refractivity contribution in [2.45, 2.75) is 37.4 Å². The number of amides is 1. The average Bonchev–Trinajstić information content (AvgIpc) is 2.23. The van der Waals surface area contributed by atoms with Gasteiger partial charge in [0.25, 0.3) is 10.1 Å². The molecule has 0 aliphatic carbocycles. The van der Waals surface area contributed by atoms with Gasteiger partial charge in [-0.25, -0.2) is 0 Å². The molecule has 5 nitrogen and oxygen atoms in total. The van der Waals surface area contributed by atoms with E-state index < -0.39 is 15.9 Å². The van der Waals surface area contributed by atoms with E-state index in [1.807, 2.05) is 0 Å². The molecule has 0 aromatic carbocycles. The van der Waals surface area contributed by atoms with E-state index in [2.05, 4.69) is 30.6 Å².